The zero-order chi connectivity index (χ0) is 21.9. The molecule has 0 aliphatic carbocycles. The van der Waals surface area contributed by atoms with Crippen molar-refractivity contribution in [1.29, 1.82) is 0 Å². The van der Waals surface area contributed by atoms with Crippen LogP contribution in [0.5, 0.6) is 0 Å². The lowest BCUT2D eigenvalue weighted by atomic mass is 10.0. The van der Waals surface area contributed by atoms with Crippen LogP contribution in [-0.4, -0.2) is 34.3 Å². The van der Waals surface area contributed by atoms with Crippen molar-refractivity contribution in [2.75, 3.05) is 18.1 Å². The summed E-state index contributed by atoms with van der Waals surface area (Å²) in [5.41, 5.74) is 5.96. The maximum absolute atomic E-state index is 13.9. The zero-order valence-corrected chi connectivity index (χ0v) is 14.5. The van der Waals surface area contributed by atoms with E-state index in [2.05, 4.69) is 15.3 Å². The van der Waals surface area contributed by atoms with Gasteiger partial charge in [0, 0.05) is 24.6 Å². The predicted molar refractivity (Wildman–Crippen MR) is 92.5 cm³/mol. The minimum absolute atomic E-state index is 0.0362. The van der Waals surface area contributed by atoms with Crippen molar-refractivity contribution >= 4 is 28.6 Å². The largest absolute Gasteiger partial charge is 0.490 e. The average Bonchev–Trinajstić information content (AvgIpc) is 2.59. The second kappa shape index (κ2) is 8.20. The molecule has 0 saturated carbocycles. The van der Waals surface area contributed by atoms with Gasteiger partial charge in [-0.25, -0.2) is 22.9 Å². The van der Waals surface area contributed by atoms with Gasteiger partial charge in [-0.3, -0.25) is 0 Å². The molecular formula is C17H12F6N4O2. The minimum atomic E-state index is -5.08. The fourth-order valence-corrected chi connectivity index (χ4v) is 2.31. The Morgan fingerprint density at radius 1 is 1.07 bits per heavy atom. The van der Waals surface area contributed by atoms with Crippen LogP contribution in [0.4, 0.5) is 38.1 Å². The number of nitrogens with two attached hydrogens (primary N) is 1. The van der Waals surface area contributed by atoms with Gasteiger partial charge in [-0.2, -0.15) is 18.2 Å². The SMILES string of the molecule is CNc1nc(N)nc2cc(-c3c(F)cc(F)cc3F)ccc12.O=C(O)C(F)(F)F. The molecule has 0 atom stereocenters. The number of fused-ring (bicyclic) bond motifs is 1. The second-order valence-electron chi connectivity index (χ2n) is 5.46. The standard InChI is InChI=1S/C15H11F3N4.C2HF3O2/c1-20-14-9-3-2-7(4-12(9)21-15(19)22-14)13-10(17)5-8(16)6-11(13)18;3-2(4,5)1(6)7/h2-6H,1H3,(H3,19,20,21,22);(H,6,7). The molecule has 3 rings (SSSR count). The van der Waals surface area contributed by atoms with E-state index < -0.39 is 29.6 Å². The lowest BCUT2D eigenvalue weighted by molar-refractivity contribution is -0.192. The molecule has 29 heavy (non-hydrogen) atoms. The Bertz CT molecular complexity index is 1050. The van der Waals surface area contributed by atoms with Crippen molar-refractivity contribution in [2.45, 2.75) is 6.18 Å². The van der Waals surface area contributed by atoms with E-state index in [0.29, 0.717) is 28.9 Å². The van der Waals surface area contributed by atoms with Crippen molar-refractivity contribution in [1.82, 2.24) is 9.97 Å². The molecule has 0 aliphatic heterocycles. The van der Waals surface area contributed by atoms with Gasteiger partial charge in [0.15, 0.2) is 0 Å². The Labute approximate surface area is 159 Å². The number of nitrogens with one attached hydrogen (secondary N) is 1. The highest BCUT2D eigenvalue weighted by Gasteiger charge is 2.38. The highest BCUT2D eigenvalue weighted by Crippen LogP contribution is 2.31. The van der Waals surface area contributed by atoms with Crippen molar-refractivity contribution in [3.8, 4) is 11.1 Å². The number of hydrogen-bond donors (Lipinski definition) is 3. The normalized spacial score (nSPS) is 11.0. The summed E-state index contributed by atoms with van der Waals surface area (Å²) < 4.78 is 72.5. The molecule has 154 valence electrons. The first-order valence-corrected chi connectivity index (χ1v) is 7.64. The summed E-state index contributed by atoms with van der Waals surface area (Å²) in [6.45, 7) is 0. The van der Waals surface area contributed by atoms with Crippen molar-refractivity contribution in [2.24, 2.45) is 0 Å². The summed E-state index contributed by atoms with van der Waals surface area (Å²) in [7, 11) is 1.68. The quantitative estimate of drug-likeness (QED) is 0.545. The molecule has 0 bridgehead atoms. The number of halogens is 6. The second-order valence-corrected chi connectivity index (χ2v) is 5.46. The molecule has 0 aliphatic rings. The van der Waals surface area contributed by atoms with E-state index in [-0.39, 0.29) is 17.1 Å². The topological polar surface area (TPSA) is 101 Å². The van der Waals surface area contributed by atoms with Gasteiger partial charge in [0.05, 0.1) is 11.1 Å². The number of carboxylic acids is 1. The van der Waals surface area contributed by atoms with E-state index in [1.807, 2.05) is 0 Å². The Kier molecular flexibility index (Phi) is 6.15. The van der Waals surface area contributed by atoms with Crippen molar-refractivity contribution < 1.29 is 36.2 Å². The van der Waals surface area contributed by atoms with E-state index in [1.165, 1.54) is 12.1 Å². The number of aromatic nitrogens is 2. The van der Waals surface area contributed by atoms with Gasteiger partial charge >= 0.3 is 12.1 Å². The lowest BCUT2D eigenvalue weighted by Crippen LogP contribution is -2.21. The van der Waals surface area contributed by atoms with Gasteiger partial charge in [0.2, 0.25) is 5.95 Å². The summed E-state index contributed by atoms with van der Waals surface area (Å²) in [6, 6.07) is 5.89. The minimum Gasteiger partial charge on any atom is -0.475 e. The molecule has 1 aromatic heterocycles. The first-order chi connectivity index (χ1) is 13.4. The van der Waals surface area contributed by atoms with Crippen LogP contribution in [0.3, 0.4) is 0 Å². The average molecular weight is 418 g/mol. The van der Waals surface area contributed by atoms with Crippen LogP contribution < -0.4 is 11.1 Å². The number of benzene rings is 2. The molecule has 3 aromatic rings. The van der Waals surface area contributed by atoms with Crippen LogP contribution in [0.25, 0.3) is 22.0 Å². The van der Waals surface area contributed by atoms with Crippen molar-refractivity contribution in [3.05, 3.63) is 47.8 Å². The van der Waals surface area contributed by atoms with Crippen LogP contribution in [0.2, 0.25) is 0 Å². The van der Waals surface area contributed by atoms with E-state index in [9.17, 15) is 26.3 Å². The molecule has 0 unspecified atom stereocenters. The number of carbonyl (C=O) groups is 1. The Hall–Kier alpha value is -3.57. The molecular weight excluding hydrogens is 406 g/mol. The third kappa shape index (κ3) is 5.03. The maximum Gasteiger partial charge on any atom is 0.490 e. The molecule has 0 fully saturated rings. The van der Waals surface area contributed by atoms with Gasteiger partial charge in [0.1, 0.15) is 23.3 Å². The summed E-state index contributed by atoms with van der Waals surface area (Å²) >= 11 is 0. The molecule has 0 amide bonds. The Morgan fingerprint density at radius 2 is 1.62 bits per heavy atom. The molecule has 0 saturated heterocycles. The summed E-state index contributed by atoms with van der Waals surface area (Å²) in [5, 5.41) is 10.7. The van der Waals surface area contributed by atoms with E-state index in [4.69, 9.17) is 15.6 Å². The van der Waals surface area contributed by atoms with Crippen LogP contribution in [0, 0.1) is 17.5 Å². The van der Waals surface area contributed by atoms with Gasteiger partial charge in [-0.15, -0.1) is 0 Å². The fraction of sp³-hybridized carbons (Fsp3) is 0.118. The molecule has 1 heterocycles. The van der Waals surface area contributed by atoms with Crippen LogP contribution in [-0.2, 0) is 4.79 Å². The first-order valence-electron chi connectivity index (χ1n) is 7.64. The lowest BCUT2D eigenvalue weighted by Gasteiger charge is -2.09. The summed E-state index contributed by atoms with van der Waals surface area (Å²) in [4.78, 5) is 17.0. The van der Waals surface area contributed by atoms with Gasteiger partial charge < -0.3 is 16.2 Å². The number of nitrogen functional groups attached to an aromatic ring is 1. The monoisotopic (exact) mass is 418 g/mol. The highest BCUT2D eigenvalue weighted by atomic mass is 19.4. The van der Waals surface area contributed by atoms with Gasteiger partial charge in [-0.1, -0.05) is 6.07 Å². The van der Waals surface area contributed by atoms with Crippen LogP contribution >= 0.6 is 0 Å². The Morgan fingerprint density at radius 3 is 2.10 bits per heavy atom. The third-order valence-corrected chi connectivity index (χ3v) is 3.49. The summed E-state index contributed by atoms with van der Waals surface area (Å²) in [5.74, 6) is -5.14. The predicted octanol–water partition coefficient (Wildman–Crippen LogP) is 3.97. The fourth-order valence-electron chi connectivity index (χ4n) is 2.31. The molecule has 12 heteroatoms. The highest BCUT2D eigenvalue weighted by molar-refractivity contribution is 5.93. The van der Waals surface area contributed by atoms with Crippen LogP contribution in [0.15, 0.2) is 30.3 Å². The number of carboxylic acid groups (broad SMARTS) is 1. The van der Waals surface area contributed by atoms with E-state index in [0.717, 1.165) is 0 Å². The number of aliphatic carboxylic acids is 1. The molecule has 6 nitrogen and oxygen atoms in total. The molecule has 2 aromatic carbocycles. The Balaban J connectivity index is 0.000000370. The number of anilines is 2. The smallest absolute Gasteiger partial charge is 0.475 e. The number of rotatable bonds is 2. The summed E-state index contributed by atoms with van der Waals surface area (Å²) in [6.07, 6.45) is -5.08. The van der Waals surface area contributed by atoms with Crippen molar-refractivity contribution in [3.63, 3.8) is 0 Å². The van der Waals surface area contributed by atoms with Crippen LogP contribution in [0.1, 0.15) is 0 Å². The molecule has 0 radical (unpaired) electrons. The first kappa shape index (κ1) is 21.7. The van der Waals surface area contributed by atoms with Gasteiger partial charge in [-0.05, 0) is 17.7 Å². The zero-order valence-electron chi connectivity index (χ0n) is 14.5. The van der Waals surface area contributed by atoms with E-state index in [1.54, 1.807) is 13.1 Å². The number of hydrogen-bond acceptors (Lipinski definition) is 5. The number of nitrogens with zero attached hydrogens (tertiary/aromatic N) is 2. The number of alkyl halides is 3. The molecule has 0 spiro atoms. The third-order valence-electron chi connectivity index (χ3n) is 3.49. The van der Waals surface area contributed by atoms with E-state index >= 15 is 0 Å². The maximum atomic E-state index is 13.9. The molecule has 4 N–H and O–H groups in total. The van der Waals surface area contributed by atoms with Gasteiger partial charge in [0.25, 0.3) is 0 Å².